The minimum atomic E-state index is 0.422. The van der Waals surface area contributed by atoms with Crippen molar-refractivity contribution >= 4 is 0 Å². The van der Waals surface area contributed by atoms with Gasteiger partial charge in [0.15, 0.2) is 0 Å². The van der Waals surface area contributed by atoms with Gasteiger partial charge in [-0.1, -0.05) is 24.5 Å². The first-order valence-corrected chi connectivity index (χ1v) is 5.84. The summed E-state index contributed by atoms with van der Waals surface area (Å²) in [5.74, 6) is 0.751. The molecule has 4 heteroatoms. The van der Waals surface area contributed by atoms with Crippen LogP contribution in [-0.4, -0.2) is 22.0 Å². The number of aryl methyl sites for hydroxylation is 1. The van der Waals surface area contributed by atoms with Crippen molar-refractivity contribution < 1.29 is 0 Å². The normalized spacial score (nSPS) is 20.4. The maximum absolute atomic E-state index is 4.01. The molecule has 4 nitrogen and oxygen atoms in total. The van der Waals surface area contributed by atoms with E-state index in [1.807, 2.05) is 25.0 Å². The zero-order chi connectivity index (χ0) is 10.7. The first-order valence-electron chi connectivity index (χ1n) is 5.84. The molecule has 1 atom stereocenters. The third-order valence-corrected chi connectivity index (χ3v) is 3.50. The second-order valence-corrected chi connectivity index (χ2v) is 4.45. The summed E-state index contributed by atoms with van der Waals surface area (Å²) < 4.78 is 1.88. The minimum Gasteiger partial charge on any atom is -0.311 e. The van der Waals surface area contributed by atoms with E-state index in [1.54, 1.807) is 0 Å². The molecule has 0 amide bonds. The van der Waals surface area contributed by atoms with Crippen molar-refractivity contribution in [1.29, 1.82) is 0 Å². The summed E-state index contributed by atoms with van der Waals surface area (Å²) in [7, 11) is 4.00. The lowest BCUT2D eigenvalue weighted by Crippen LogP contribution is -2.28. The van der Waals surface area contributed by atoms with Gasteiger partial charge >= 0.3 is 0 Å². The van der Waals surface area contributed by atoms with E-state index in [2.05, 4.69) is 15.6 Å². The molecule has 1 unspecified atom stereocenters. The Bertz CT molecular complexity index is 301. The highest BCUT2D eigenvalue weighted by atomic mass is 15.4. The van der Waals surface area contributed by atoms with Gasteiger partial charge in [0.1, 0.15) is 0 Å². The predicted molar refractivity (Wildman–Crippen MR) is 59.4 cm³/mol. The van der Waals surface area contributed by atoms with Crippen molar-refractivity contribution in [2.24, 2.45) is 13.0 Å². The van der Waals surface area contributed by atoms with E-state index in [-0.39, 0.29) is 0 Å². The van der Waals surface area contributed by atoms with Crippen LogP contribution < -0.4 is 5.32 Å². The summed E-state index contributed by atoms with van der Waals surface area (Å²) in [6.45, 7) is 0. The SMILES string of the molecule is CNC(c1cnnn1C)C1CCCCC1. The molecule has 0 spiro atoms. The molecular weight excluding hydrogens is 188 g/mol. The van der Waals surface area contributed by atoms with Crippen molar-refractivity contribution in [1.82, 2.24) is 20.3 Å². The molecule has 1 aromatic rings. The lowest BCUT2D eigenvalue weighted by Gasteiger charge is -2.29. The third kappa shape index (κ3) is 2.20. The van der Waals surface area contributed by atoms with Crippen LogP contribution in [0, 0.1) is 5.92 Å². The van der Waals surface area contributed by atoms with Crippen LogP contribution in [0.1, 0.15) is 43.8 Å². The first-order chi connectivity index (χ1) is 7.33. The van der Waals surface area contributed by atoms with Gasteiger partial charge in [-0.05, 0) is 25.8 Å². The van der Waals surface area contributed by atoms with Crippen molar-refractivity contribution in [3.63, 3.8) is 0 Å². The highest BCUT2D eigenvalue weighted by molar-refractivity contribution is 5.04. The molecule has 0 aliphatic heterocycles. The zero-order valence-corrected chi connectivity index (χ0v) is 9.61. The standard InChI is InChI=1S/C11H20N4/c1-12-11(9-6-4-3-5-7-9)10-8-13-14-15(10)2/h8-9,11-12H,3-7H2,1-2H3. The van der Waals surface area contributed by atoms with Gasteiger partial charge in [0.05, 0.1) is 17.9 Å². The fourth-order valence-corrected chi connectivity index (χ4v) is 2.67. The summed E-state index contributed by atoms with van der Waals surface area (Å²) in [5.41, 5.74) is 1.21. The number of nitrogens with one attached hydrogen (secondary N) is 1. The molecular formula is C11H20N4. The van der Waals surface area contributed by atoms with E-state index < -0.39 is 0 Å². The Hall–Kier alpha value is -0.900. The first kappa shape index (κ1) is 10.6. The van der Waals surface area contributed by atoms with Gasteiger partial charge < -0.3 is 5.32 Å². The summed E-state index contributed by atoms with van der Waals surface area (Å²) >= 11 is 0. The number of aromatic nitrogens is 3. The summed E-state index contributed by atoms with van der Waals surface area (Å²) in [6.07, 6.45) is 8.68. The maximum Gasteiger partial charge on any atom is 0.0755 e. The van der Waals surface area contributed by atoms with E-state index in [4.69, 9.17) is 0 Å². The lowest BCUT2D eigenvalue weighted by atomic mass is 9.83. The van der Waals surface area contributed by atoms with E-state index >= 15 is 0 Å². The molecule has 0 bridgehead atoms. The van der Waals surface area contributed by atoms with Crippen LogP contribution in [0.25, 0.3) is 0 Å². The number of hydrogen-bond donors (Lipinski definition) is 1. The smallest absolute Gasteiger partial charge is 0.0755 e. The lowest BCUT2D eigenvalue weighted by molar-refractivity contribution is 0.273. The molecule has 0 radical (unpaired) electrons. The van der Waals surface area contributed by atoms with Crippen LogP contribution in [0.3, 0.4) is 0 Å². The highest BCUT2D eigenvalue weighted by Crippen LogP contribution is 2.33. The number of hydrogen-bond acceptors (Lipinski definition) is 3. The predicted octanol–water partition coefficient (Wildman–Crippen LogP) is 1.66. The molecule has 2 rings (SSSR count). The molecule has 0 saturated heterocycles. The average Bonchev–Trinajstić information content (AvgIpc) is 2.68. The molecule has 1 aliphatic rings. The quantitative estimate of drug-likeness (QED) is 0.821. The van der Waals surface area contributed by atoms with Crippen LogP contribution in [0.15, 0.2) is 6.20 Å². The Morgan fingerprint density at radius 3 is 2.67 bits per heavy atom. The largest absolute Gasteiger partial charge is 0.311 e. The van der Waals surface area contributed by atoms with E-state index in [0.717, 1.165) is 5.92 Å². The topological polar surface area (TPSA) is 42.7 Å². The van der Waals surface area contributed by atoms with Gasteiger partial charge in [-0.15, -0.1) is 5.10 Å². The van der Waals surface area contributed by atoms with Gasteiger partial charge in [0.25, 0.3) is 0 Å². The minimum absolute atomic E-state index is 0.422. The molecule has 1 heterocycles. The molecule has 1 aromatic heterocycles. The van der Waals surface area contributed by atoms with E-state index in [0.29, 0.717) is 6.04 Å². The van der Waals surface area contributed by atoms with Crippen LogP contribution >= 0.6 is 0 Å². The van der Waals surface area contributed by atoms with E-state index in [1.165, 1.54) is 37.8 Å². The molecule has 84 valence electrons. The Morgan fingerprint density at radius 2 is 2.13 bits per heavy atom. The Balaban J connectivity index is 2.12. The summed E-state index contributed by atoms with van der Waals surface area (Å²) in [4.78, 5) is 0. The molecule has 1 saturated carbocycles. The van der Waals surface area contributed by atoms with Crippen molar-refractivity contribution in [3.05, 3.63) is 11.9 Å². The summed E-state index contributed by atoms with van der Waals surface area (Å²) in [6, 6.07) is 0.422. The Kier molecular flexibility index (Phi) is 3.36. The van der Waals surface area contributed by atoms with Gasteiger partial charge in [0, 0.05) is 7.05 Å². The Morgan fingerprint density at radius 1 is 1.40 bits per heavy atom. The highest BCUT2D eigenvalue weighted by Gasteiger charge is 2.25. The molecule has 1 aliphatic carbocycles. The fourth-order valence-electron chi connectivity index (χ4n) is 2.67. The van der Waals surface area contributed by atoms with Crippen LogP contribution in [-0.2, 0) is 7.05 Å². The van der Waals surface area contributed by atoms with Gasteiger partial charge in [-0.2, -0.15) is 0 Å². The van der Waals surface area contributed by atoms with Crippen molar-refractivity contribution in [2.45, 2.75) is 38.1 Å². The Labute approximate surface area is 91.1 Å². The molecule has 0 aromatic carbocycles. The molecule has 1 fully saturated rings. The number of rotatable bonds is 3. The number of nitrogens with zero attached hydrogens (tertiary/aromatic N) is 3. The van der Waals surface area contributed by atoms with Crippen LogP contribution in [0.5, 0.6) is 0 Å². The maximum atomic E-state index is 4.01. The van der Waals surface area contributed by atoms with Crippen molar-refractivity contribution in [2.75, 3.05) is 7.05 Å². The average molecular weight is 208 g/mol. The summed E-state index contributed by atoms with van der Waals surface area (Å²) in [5, 5.41) is 11.4. The monoisotopic (exact) mass is 208 g/mol. The molecule has 1 N–H and O–H groups in total. The third-order valence-electron chi connectivity index (χ3n) is 3.50. The van der Waals surface area contributed by atoms with Gasteiger partial charge in [0.2, 0.25) is 0 Å². The van der Waals surface area contributed by atoms with Crippen molar-refractivity contribution in [3.8, 4) is 0 Å². The fraction of sp³-hybridized carbons (Fsp3) is 0.818. The van der Waals surface area contributed by atoms with Crippen LogP contribution in [0.2, 0.25) is 0 Å². The second kappa shape index (κ2) is 4.75. The van der Waals surface area contributed by atoms with Crippen LogP contribution in [0.4, 0.5) is 0 Å². The van der Waals surface area contributed by atoms with E-state index in [9.17, 15) is 0 Å². The molecule has 15 heavy (non-hydrogen) atoms. The zero-order valence-electron chi connectivity index (χ0n) is 9.61. The van der Waals surface area contributed by atoms with Gasteiger partial charge in [-0.25, -0.2) is 0 Å². The van der Waals surface area contributed by atoms with Gasteiger partial charge in [-0.3, -0.25) is 4.68 Å². The second-order valence-electron chi connectivity index (χ2n) is 4.45.